The lowest BCUT2D eigenvalue weighted by Crippen LogP contribution is -2.16. The summed E-state index contributed by atoms with van der Waals surface area (Å²) in [4.78, 5) is 9.94. The molecule has 0 aliphatic carbocycles. The van der Waals surface area contributed by atoms with Gasteiger partial charge in [-0.15, -0.1) is 13.2 Å². The van der Waals surface area contributed by atoms with E-state index in [4.69, 9.17) is 0 Å². The minimum atomic E-state index is -4.91. The highest BCUT2D eigenvalue weighted by molar-refractivity contribution is 5.74. The normalized spacial score (nSPS) is 11.3. The van der Waals surface area contributed by atoms with Crippen LogP contribution in [-0.4, -0.2) is 11.3 Å². The average molecular weight is 319 g/mol. The fourth-order valence-corrected chi connectivity index (χ4v) is 1.79. The summed E-state index contributed by atoms with van der Waals surface area (Å²) in [5.41, 5.74) is -1.51. The third kappa shape index (κ3) is 3.30. The number of hydrogen-bond donors (Lipinski definition) is 0. The molecule has 0 unspecified atom stereocenters. The van der Waals surface area contributed by atoms with Crippen LogP contribution in [0.5, 0.6) is 5.75 Å². The maximum Gasteiger partial charge on any atom is 0.573 e. The zero-order chi connectivity index (χ0) is 16.5. The molecular weight excluding hydrogens is 313 g/mol. The maximum absolute atomic E-state index is 13.8. The standard InChI is InChI=1S/C13H6F5NO3/c14-9-5-6-10(19(20)21)11(12(9)15)7-1-3-8(4-2-7)22-13(16,17)18/h1-6H. The van der Waals surface area contributed by atoms with Crippen molar-refractivity contribution in [2.24, 2.45) is 0 Å². The first-order valence-electron chi connectivity index (χ1n) is 5.67. The van der Waals surface area contributed by atoms with Crippen molar-refractivity contribution in [2.75, 3.05) is 0 Å². The molecule has 2 rings (SSSR count). The van der Waals surface area contributed by atoms with Crippen molar-refractivity contribution in [2.45, 2.75) is 6.36 Å². The number of alkyl halides is 3. The Bertz CT molecular complexity index is 713. The van der Waals surface area contributed by atoms with Gasteiger partial charge in [0.2, 0.25) is 0 Å². The summed E-state index contributed by atoms with van der Waals surface area (Å²) >= 11 is 0. The van der Waals surface area contributed by atoms with Crippen molar-refractivity contribution in [3.63, 3.8) is 0 Å². The van der Waals surface area contributed by atoms with E-state index in [1.807, 2.05) is 0 Å². The Morgan fingerprint density at radius 3 is 2.09 bits per heavy atom. The number of ether oxygens (including phenoxy) is 1. The lowest BCUT2D eigenvalue weighted by molar-refractivity contribution is -0.384. The van der Waals surface area contributed by atoms with Gasteiger partial charge in [0.05, 0.1) is 10.5 Å². The molecule has 0 heterocycles. The highest BCUT2D eigenvalue weighted by atomic mass is 19.4. The summed E-state index contributed by atoms with van der Waals surface area (Å²) in [5, 5.41) is 10.9. The van der Waals surface area contributed by atoms with E-state index in [2.05, 4.69) is 4.74 Å². The Labute approximate surface area is 119 Å². The fourth-order valence-electron chi connectivity index (χ4n) is 1.79. The van der Waals surface area contributed by atoms with E-state index in [0.717, 1.165) is 30.3 Å². The van der Waals surface area contributed by atoms with Gasteiger partial charge in [-0.3, -0.25) is 10.1 Å². The predicted octanol–water partition coefficient (Wildman–Crippen LogP) is 4.44. The molecule has 0 aliphatic heterocycles. The minimum Gasteiger partial charge on any atom is -0.406 e. The Morgan fingerprint density at radius 2 is 1.59 bits per heavy atom. The molecule has 9 heteroatoms. The highest BCUT2D eigenvalue weighted by Crippen LogP contribution is 2.35. The molecule has 4 nitrogen and oxygen atoms in total. The number of nitrogens with zero attached hydrogens (tertiary/aromatic N) is 1. The Hall–Kier alpha value is -2.71. The molecular formula is C13H6F5NO3. The molecule has 0 amide bonds. The van der Waals surface area contributed by atoms with Crippen LogP contribution in [-0.2, 0) is 0 Å². The lowest BCUT2D eigenvalue weighted by atomic mass is 10.0. The van der Waals surface area contributed by atoms with Gasteiger partial charge >= 0.3 is 6.36 Å². The Kier molecular flexibility index (Phi) is 3.98. The second-order valence-electron chi connectivity index (χ2n) is 4.08. The molecule has 0 aliphatic rings. The number of rotatable bonds is 3. The minimum absolute atomic E-state index is 0.154. The number of halogens is 5. The summed E-state index contributed by atoms with van der Waals surface area (Å²) < 4.78 is 66.7. The van der Waals surface area contributed by atoms with Crippen LogP contribution in [0.3, 0.4) is 0 Å². The van der Waals surface area contributed by atoms with Gasteiger partial charge in [0.1, 0.15) is 5.75 Å². The molecule has 0 aromatic heterocycles. The zero-order valence-electron chi connectivity index (χ0n) is 10.5. The van der Waals surface area contributed by atoms with Gasteiger partial charge in [-0.25, -0.2) is 8.78 Å². The molecule has 0 saturated heterocycles. The van der Waals surface area contributed by atoms with Crippen LogP contribution in [0.1, 0.15) is 0 Å². The Morgan fingerprint density at radius 1 is 1.00 bits per heavy atom. The van der Waals surface area contributed by atoms with Gasteiger partial charge in [-0.1, -0.05) is 12.1 Å². The van der Waals surface area contributed by atoms with E-state index in [9.17, 15) is 32.1 Å². The second kappa shape index (κ2) is 5.58. The molecule has 0 atom stereocenters. The number of nitro groups is 1. The summed E-state index contributed by atoms with van der Waals surface area (Å²) in [6, 6.07) is 4.98. The number of nitro benzene ring substituents is 1. The molecule has 116 valence electrons. The van der Waals surface area contributed by atoms with Crippen molar-refractivity contribution in [3.05, 3.63) is 58.1 Å². The molecule has 22 heavy (non-hydrogen) atoms. The van der Waals surface area contributed by atoms with Crippen LogP contribution >= 0.6 is 0 Å². The van der Waals surface area contributed by atoms with E-state index in [1.165, 1.54) is 0 Å². The quantitative estimate of drug-likeness (QED) is 0.477. The van der Waals surface area contributed by atoms with Crippen molar-refractivity contribution in [1.29, 1.82) is 0 Å². The molecule has 2 aromatic carbocycles. The van der Waals surface area contributed by atoms with Crippen molar-refractivity contribution >= 4 is 5.69 Å². The van der Waals surface area contributed by atoms with Crippen LogP contribution in [0.4, 0.5) is 27.6 Å². The van der Waals surface area contributed by atoms with Gasteiger partial charge in [0.15, 0.2) is 11.6 Å². The van der Waals surface area contributed by atoms with Crippen molar-refractivity contribution < 1.29 is 31.6 Å². The third-order valence-electron chi connectivity index (χ3n) is 2.65. The van der Waals surface area contributed by atoms with Gasteiger partial charge < -0.3 is 4.74 Å². The molecule has 0 N–H and O–H groups in total. The van der Waals surface area contributed by atoms with Gasteiger partial charge in [-0.2, -0.15) is 0 Å². The van der Waals surface area contributed by atoms with Crippen molar-refractivity contribution in [3.8, 4) is 16.9 Å². The summed E-state index contributed by atoms with van der Waals surface area (Å²) in [7, 11) is 0. The molecule has 0 saturated carbocycles. The molecule has 0 fully saturated rings. The first-order valence-corrected chi connectivity index (χ1v) is 5.67. The summed E-state index contributed by atoms with van der Waals surface area (Å²) in [5.74, 6) is -3.36. The predicted molar refractivity (Wildman–Crippen MR) is 65.1 cm³/mol. The summed E-state index contributed by atoms with van der Waals surface area (Å²) in [6.07, 6.45) is -4.91. The topological polar surface area (TPSA) is 52.4 Å². The monoisotopic (exact) mass is 319 g/mol. The lowest BCUT2D eigenvalue weighted by Gasteiger charge is -2.10. The summed E-state index contributed by atoms with van der Waals surface area (Å²) in [6.45, 7) is 0. The van der Waals surface area contributed by atoms with Crippen LogP contribution in [0.15, 0.2) is 36.4 Å². The number of hydrogen-bond acceptors (Lipinski definition) is 3. The third-order valence-corrected chi connectivity index (χ3v) is 2.65. The first kappa shape index (κ1) is 15.7. The van der Waals surface area contributed by atoms with Gasteiger partial charge in [0, 0.05) is 6.07 Å². The smallest absolute Gasteiger partial charge is 0.406 e. The maximum atomic E-state index is 13.8. The molecule has 0 bridgehead atoms. The Balaban J connectivity index is 2.48. The highest BCUT2D eigenvalue weighted by Gasteiger charge is 2.31. The number of benzene rings is 2. The fraction of sp³-hybridized carbons (Fsp3) is 0.0769. The van der Waals surface area contributed by atoms with Gasteiger partial charge in [0.25, 0.3) is 5.69 Å². The van der Waals surface area contributed by atoms with Crippen LogP contribution < -0.4 is 4.74 Å². The van der Waals surface area contributed by atoms with Crippen LogP contribution in [0.2, 0.25) is 0 Å². The molecule has 0 radical (unpaired) electrons. The van der Waals surface area contributed by atoms with E-state index < -0.39 is 39.9 Å². The largest absolute Gasteiger partial charge is 0.573 e. The van der Waals surface area contributed by atoms with Gasteiger partial charge in [-0.05, 0) is 23.8 Å². The van der Waals surface area contributed by atoms with Crippen LogP contribution in [0, 0.1) is 21.7 Å². The van der Waals surface area contributed by atoms with E-state index in [1.54, 1.807) is 0 Å². The average Bonchev–Trinajstić information content (AvgIpc) is 2.41. The molecule has 0 spiro atoms. The molecule has 2 aromatic rings. The first-order chi connectivity index (χ1) is 10.2. The van der Waals surface area contributed by atoms with E-state index in [0.29, 0.717) is 6.07 Å². The second-order valence-corrected chi connectivity index (χ2v) is 4.08. The van der Waals surface area contributed by atoms with Crippen molar-refractivity contribution in [1.82, 2.24) is 0 Å². The SMILES string of the molecule is O=[N+]([O-])c1ccc(F)c(F)c1-c1ccc(OC(F)(F)F)cc1. The van der Waals surface area contributed by atoms with Crippen LogP contribution in [0.25, 0.3) is 11.1 Å². The van der Waals surface area contributed by atoms with E-state index in [-0.39, 0.29) is 5.56 Å². The zero-order valence-corrected chi connectivity index (χ0v) is 10.5. The van der Waals surface area contributed by atoms with E-state index >= 15 is 0 Å².